The van der Waals surface area contributed by atoms with E-state index in [2.05, 4.69) is 36.1 Å². The maximum Gasteiger partial charge on any atom is 0.294 e. The fourth-order valence-corrected chi connectivity index (χ4v) is 2.31. The predicted molar refractivity (Wildman–Crippen MR) is 69.6 cm³/mol. The van der Waals surface area contributed by atoms with E-state index in [1.807, 2.05) is 5.38 Å². The highest BCUT2D eigenvalue weighted by molar-refractivity contribution is 7.11. The zero-order valence-corrected chi connectivity index (χ0v) is 11.4. The van der Waals surface area contributed by atoms with Crippen molar-refractivity contribution in [3.63, 3.8) is 0 Å². The molecule has 5 nitrogen and oxygen atoms in total. The molecular formula is C11H20N4OS. The van der Waals surface area contributed by atoms with Crippen LogP contribution in [0.2, 0.25) is 0 Å². The predicted octanol–water partition coefficient (Wildman–Crippen LogP) is 1.22. The minimum atomic E-state index is -0.326. The zero-order valence-electron chi connectivity index (χ0n) is 10.6. The largest absolute Gasteiger partial charge is 0.298 e. The van der Waals surface area contributed by atoms with Crippen molar-refractivity contribution in [1.29, 1.82) is 0 Å². The van der Waals surface area contributed by atoms with Gasteiger partial charge in [-0.25, -0.2) is 10.8 Å². The first-order valence-electron chi connectivity index (χ1n) is 5.74. The highest BCUT2D eigenvalue weighted by Crippen LogP contribution is 2.12. The molecule has 1 heterocycles. The molecule has 0 aliphatic heterocycles. The van der Waals surface area contributed by atoms with Crippen LogP contribution in [0.4, 0.5) is 0 Å². The third-order valence-corrected chi connectivity index (χ3v) is 3.22. The number of hydrazine groups is 1. The lowest BCUT2D eigenvalue weighted by Gasteiger charge is -2.21. The summed E-state index contributed by atoms with van der Waals surface area (Å²) in [6.45, 7) is 9.31. The molecule has 0 unspecified atom stereocenters. The van der Waals surface area contributed by atoms with E-state index in [9.17, 15) is 4.79 Å². The molecule has 0 spiro atoms. The van der Waals surface area contributed by atoms with Crippen LogP contribution in [-0.4, -0.2) is 28.9 Å². The summed E-state index contributed by atoms with van der Waals surface area (Å²) in [7, 11) is 0. The number of nitrogen functional groups attached to an aromatic ring is 1. The number of carbonyl (C=O) groups excluding carboxylic acids is 1. The van der Waals surface area contributed by atoms with Crippen LogP contribution in [0, 0.1) is 5.92 Å². The molecule has 0 aliphatic rings. The van der Waals surface area contributed by atoms with Crippen molar-refractivity contribution in [2.24, 2.45) is 11.8 Å². The third kappa shape index (κ3) is 4.41. The van der Waals surface area contributed by atoms with Crippen LogP contribution in [-0.2, 0) is 6.54 Å². The van der Waals surface area contributed by atoms with E-state index in [0.717, 1.165) is 25.3 Å². The van der Waals surface area contributed by atoms with E-state index >= 15 is 0 Å². The minimum Gasteiger partial charge on any atom is -0.298 e. The molecule has 96 valence electrons. The molecule has 17 heavy (non-hydrogen) atoms. The number of thiazole rings is 1. The number of hydrogen-bond acceptors (Lipinski definition) is 5. The summed E-state index contributed by atoms with van der Waals surface area (Å²) in [6, 6.07) is 0. The van der Waals surface area contributed by atoms with Crippen LogP contribution in [0.15, 0.2) is 5.38 Å². The molecule has 0 aromatic carbocycles. The van der Waals surface area contributed by atoms with Crippen LogP contribution in [0.25, 0.3) is 0 Å². The summed E-state index contributed by atoms with van der Waals surface area (Å²) in [5.41, 5.74) is 3.02. The number of nitrogens with two attached hydrogens (primary N) is 1. The normalized spacial score (nSPS) is 11.2. The van der Waals surface area contributed by atoms with Crippen molar-refractivity contribution in [2.45, 2.75) is 27.3 Å². The van der Waals surface area contributed by atoms with Gasteiger partial charge >= 0.3 is 0 Å². The lowest BCUT2D eigenvalue weighted by Crippen LogP contribution is -2.30. The van der Waals surface area contributed by atoms with Gasteiger partial charge in [0.25, 0.3) is 5.91 Å². The summed E-state index contributed by atoms with van der Waals surface area (Å²) in [5.74, 6) is 5.36. The number of hydrogen-bond donors (Lipinski definition) is 2. The topological polar surface area (TPSA) is 71.2 Å². The maximum atomic E-state index is 11.3. The Morgan fingerprint density at radius 3 is 2.88 bits per heavy atom. The van der Waals surface area contributed by atoms with E-state index in [4.69, 9.17) is 5.84 Å². The van der Waals surface area contributed by atoms with Crippen molar-refractivity contribution >= 4 is 17.2 Å². The Morgan fingerprint density at radius 2 is 2.35 bits per heavy atom. The molecule has 0 saturated carbocycles. The second kappa shape index (κ2) is 6.68. The fraction of sp³-hybridized carbons (Fsp3) is 0.636. The van der Waals surface area contributed by atoms with Crippen molar-refractivity contribution in [2.75, 3.05) is 13.1 Å². The number of aromatic nitrogens is 1. The van der Waals surface area contributed by atoms with Gasteiger partial charge in [0.1, 0.15) is 0 Å². The number of nitrogens with zero attached hydrogens (tertiary/aromatic N) is 2. The van der Waals surface area contributed by atoms with Gasteiger partial charge in [0.05, 0.1) is 5.69 Å². The van der Waals surface area contributed by atoms with Gasteiger partial charge in [-0.3, -0.25) is 15.1 Å². The molecule has 0 saturated heterocycles. The van der Waals surface area contributed by atoms with Crippen LogP contribution < -0.4 is 11.3 Å². The van der Waals surface area contributed by atoms with Crippen molar-refractivity contribution < 1.29 is 4.79 Å². The second-order valence-electron chi connectivity index (χ2n) is 4.34. The highest BCUT2D eigenvalue weighted by Gasteiger charge is 2.12. The fourth-order valence-electron chi connectivity index (χ4n) is 1.60. The van der Waals surface area contributed by atoms with Gasteiger partial charge < -0.3 is 0 Å². The molecule has 0 radical (unpaired) electrons. The summed E-state index contributed by atoms with van der Waals surface area (Å²) in [6.07, 6.45) is 0. The van der Waals surface area contributed by atoms with Gasteiger partial charge in [0.15, 0.2) is 5.01 Å². The Hall–Kier alpha value is -0.980. The maximum absolute atomic E-state index is 11.3. The minimum absolute atomic E-state index is 0.326. The Balaban J connectivity index is 2.61. The average molecular weight is 256 g/mol. The quantitative estimate of drug-likeness (QED) is 0.456. The van der Waals surface area contributed by atoms with Gasteiger partial charge in [0, 0.05) is 18.5 Å². The first-order chi connectivity index (χ1) is 8.06. The van der Waals surface area contributed by atoms with Crippen LogP contribution in [0.3, 0.4) is 0 Å². The molecular weight excluding hydrogens is 236 g/mol. The monoisotopic (exact) mass is 256 g/mol. The van der Waals surface area contributed by atoms with Gasteiger partial charge in [-0.2, -0.15) is 0 Å². The molecule has 1 aromatic heterocycles. The Morgan fingerprint density at radius 1 is 1.65 bits per heavy atom. The number of amides is 1. The van der Waals surface area contributed by atoms with Gasteiger partial charge in [-0.15, -0.1) is 11.3 Å². The SMILES string of the molecule is CCN(Cc1csc(C(=O)NN)n1)CC(C)C. The Bertz CT molecular complexity index is 364. The first-order valence-corrected chi connectivity index (χ1v) is 6.62. The van der Waals surface area contributed by atoms with Crippen molar-refractivity contribution in [1.82, 2.24) is 15.3 Å². The van der Waals surface area contributed by atoms with Gasteiger partial charge in [0.2, 0.25) is 0 Å². The number of nitrogens with one attached hydrogen (secondary N) is 1. The highest BCUT2D eigenvalue weighted by atomic mass is 32.1. The standard InChI is InChI=1S/C11H20N4OS/c1-4-15(5-8(2)3)6-9-7-17-11(13-9)10(16)14-12/h7-8H,4-6,12H2,1-3H3,(H,14,16). The molecule has 0 fully saturated rings. The second-order valence-corrected chi connectivity index (χ2v) is 5.20. The van der Waals surface area contributed by atoms with Crippen LogP contribution >= 0.6 is 11.3 Å². The van der Waals surface area contributed by atoms with Crippen LogP contribution in [0.1, 0.15) is 36.3 Å². The van der Waals surface area contributed by atoms with Gasteiger partial charge in [-0.05, 0) is 12.5 Å². The Kier molecular flexibility index (Phi) is 5.54. The third-order valence-electron chi connectivity index (χ3n) is 2.33. The molecule has 0 atom stereocenters. The lowest BCUT2D eigenvalue weighted by atomic mass is 10.2. The van der Waals surface area contributed by atoms with Crippen molar-refractivity contribution in [3.05, 3.63) is 16.1 Å². The molecule has 0 bridgehead atoms. The molecule has 6 heteroatoms. The molecule has 1 rings (SSSR count). The number of rotatable bonds is 6. The molecule has 1 aromatic rings. The van der Waals surface area contributed by atoms with E-state index in [-0.39, 0.29) is 5.91 Å². The zero-order chi connectivity index (χ0) is 12.8. The lowest BCUT2D eigenvalue weighted by molar-refractivity contribution is 0.0953. The summed E-state index contributed by atoms with van der Waals surface area (Å²) in [5, 5.41) is 2.33. The Labute approximate surface area is 106 Å². The molecule has 1 amide bonds. The summed E-state index contributed by atoms with van der Waals surface area (Å²) >= 11 is 1.32. The van der Waals surface area contributed by atoms with Crippen LogP contribution in [0.5, 0.6) is 0 Å². The van der Waals surface area contributed by atoms with Gasteiger partial charge in [-0.1, -0.05) is 20.8 Å². The summed E-state index contributed by atoms with van der Waals surface area (Å²) in [4.78, 5) is 17.8. The first kappa shape index (κ1) is 14.1. The summed E-state index contributed by atoms with van der Waals surface area (Å²) < 4.78 is 0. The molecule has 3 N–H and O–H groups in total. The smallest absolute Gasteiger partial charge is 0.294 e. The van der Waals surface area contributed by atoms with E-state index in [1.165, 1.54) is 11.3 Å². The average Bonchev–Trinajstić information content (AvgIpc) is 2.75. The van der Waals surface area contributed by atoms with E-state index in [0.29, 0.717) is 10.9 Å². The van der Waals surface area contributed by atoms with E-state index in [1.54, 1.807) is 0 Å². The van der Waals surface area contributed by atoms with Crippen molar-refractivity contribution in [3.8, 4) is 0 Å². The number of carbonyl (C=O) groups is 1. The molecule has 0 aliphatic carbocycles. The van der Waals surface area contributed by atoms with E-state index < -0.39 is 0 Å².